The van der Waals surface area contributed by atoms with Crippen molar-refractivity contribution in [2.24, 2.45) is 0 Å². The van der Waals surface area contributed by atoms with Crippen molar-refractivity contribution >= 4 is 5.97 Å². The number of aliphatic carboxylic acids is 1. The summed E-state index contributed by atoms with van der Waals surface area (Å²) in [6.07, 6.45) is 19.0. The highest BCUT2D eigenvalue weighted by atomic mass is 16.4. The van der Waals surface area contributed by atoms with E-state index in [2.05, 4.69) is 19.9 Å². The summed E-state index contributed by atoms with van der Waals surface area (Å²) >= 11 is 0. The van der Waals surface area contributed by atoms with Crippen LogP contribution >= 0.6 is 0 Å². The molecule has 0 spiro atoms. The van der Waals surface area contributed by atoms with Gasteiger partial charge in [-0.1, -0.05) is 69.9 Å². The van der Waals surface area contributed by atoms with Crippen LogP contribution in [0.5, 0.6) is 0 Å². The standard InChI is InChI=1S/C19H36O2/c1-3-4-5-6-7-9-12-15-18(2)16-13-10-8-11-14-17-19(20)21/h15H,3-14,16-17H2,1-2H3,(H,20,21)/b18-15-. The summed E-state index contributed by atoms with van der Waals surface area (Å²) in [5.41, 5.74) is 1.54. The average molecular weight is 296 g/mol. The van der Waals surface area contributed by atoms with Crippen LogP contribution in [0, 0.1) is 0 Å². The minimum Gasteiger partial charge on any atom is -0.481 e. The van der Waals surface area contributed by atoms with Crippen molar-refractivity contribution in [1.29, 1.82) is 0 Å². The third-order valence-electron chi connectivity index (χ3n) is 4.01. The maximum Gasteiger partial charge on any atom is 0.303 e. The van der Waals surface area contributed by atoms with Gasteiger partial charge in [-0.05, 0) is 39.0 Å². The highest BCUT2D eigenvalue weighted by Gasteiger charge is 1.97. The van der Waals surface area contributed by atoms with Crippen molar-refractivity contribution in [3.05, 3.63) is 11.6 Å². The molecule has 0 aromatic heterocycles. The summed E-state index contributed by atoms with van der Waals surface area (Å²) in [5.74, 6) is -0.663. The molecule has 0 amide bonds. The van der Waals surface area contributed by atoms with Gasteiger partial charge in [-0.15, -0.1) is 0 Å². The van der Waals surface area contributed by atoms with Crippen LogP contribution in [0.1, 0.15) is 104 Å². The van der Waals surface area contributed by atoms with E-state index in [1.165, 1.54) is 76.2 Å². The molecule has 0 saturated carbocycles. The van der Waals surface area contributed by atoms with Crippen LogP contribution in [-0.2, 0) is 4.79 Å². The molecule has 0 rings (SSSR count). The summed E-state index contributed by atoms with van der Waals surface area (Å²) in [4.78, 5) is 10.4. The van der Waals surface area contributed by atoms with Gasteiger partial charge in [0, 0.05) is 6.42 Å². The molecule has 0 aromatic rings. The molecule has 0 aromatic carbocycles. The molecule has 2 heteroatoms. The van der Waals surface area contributed by atoms with Crippen LogP contribution < -0.4 is 0 Å². The Kier molecular flexibility index (Phi) is 15.0. The maximum absolute atomic E-state index is 10.4. The van der Waals surface area contributed by atoms with Gasteiger partial charge in [0.15, 0.2) is 0 Å². The predicted octanol–water partition coefficient (Wildman–Crippen LogP) is 6.50. The molecular formula is C19H36O2. The van der Waals surface area contributed by atoms with Gasteiger partial charge in [0.25, 0.3) is 0 Å². The Morgan fingerprint density at radius 1 is 0.810 bits per heavy atom. The van der Waals surface area contributed by atoms with Crippen LogP contribution in [-0.4, -0.2) is 11.1 Å². The summed E-state index contributed by atoms with van der Waals surface area (Å²) < 4.78 is 0. The van der Waals surface area contributed by atoms with Gasteiger partial charge < -0.3 is 5.11 Å². The minimum absolute atomic E-state index is 0.331. The van der Waals surface area contributed by atoms with E-state index in [9.17, 15) is 4.79 Å². The van der Waals surface area contributed by atoms with Gasteiger partial charge in [0.2, 0.25) is 0 Å². The third kappa shape index (κ3) is 17.2. The lowest BCUT2D eigenvalue weighted by atomic mass is 10.0. The van der Waals surface area contributed by atoms with Gasteiger partial charge >= 0.3 is 5.97 Å². The second-order valence-electron chi connectivity index (χ2n) is 6.27. The van der Waals surface area contributed by atoms with Crippen LogP contribution in [0.3, 0.4) is 0 Å². The van der Waals surface area contributed by atoms with Crippen molar-refractivity contribution in [1.82, 2.24) is 0 Å². The molecule has 0 aliphatic carbocycles. The van der Waals surface area contributed by atoms with Crippen molar-refractivity contribution < 1.29 is 9.90 Å². The van der Waals surface area contributed by atoms with E-state index in [0.717, 1.165) is 12.8 Å². The maximum atomic E-state index is 10.4. The van der Waals surface area contributed by atoms with Crippen LogP contribution in [0.4, 0.5) is 0 Å². The molecule has 0 unspecified atom stereocenters. The van der Waals surface area contributed by atoms with Gasteiger partial charge in [-0.25, -0.2) is 0 Å². The molecule has 2 nitrogen and oxygen atoms in total. The predicted molar refractivity (Wildman–Crippen MR) is 91.7 cm³/mol. The number of hydrogen-bond acceptors (Lipinski definition) is 1. The summed E-state index contributed by atoms with van der Waals surface area (Å²) in [6, 6.07) is 0. The van der Waals surface area contributed by atoms with E-state index in [1.807, 2.05) is 0 Å². The smallest absolute Gasteiger partial charge is 0.303 e. The first kappa shape index (κ1) is 20.2. The van der Waals surface area contributed by atoms with E-state index in [0.29, 0.717) is 6.42 Å². The fourth-order valence-corrected chi connectivity index (χ4v) is 2.59. The van der Waals surface area contributed by atoms with Gasteiger partial charge in [0.05, 0.1) is 0 Å². The van der Waals surface area contributed by atoms with Crippen molar-refractivity contribution in [3.8, 4) is 0 Å². The minimum atomic E-state index is -0.663. The summed E-state index contributed by atoms with van der Waals surface area (Å²) in [7, 11) is 0. The normalized spacial score (nSPS) is 11.8. The van der Waals surface area contributed by atoms with E-state index in [4.69, 9.17) is 5.11 Å². The van der Waals surface area contributed by atoms with E-state index in [-0.39, 0.29) is 0 Å². The largest absolute Gasteiger partial charge is 0.481 e. The van der Waals surface area contributed by atoms with E-state index < -0.39 is 5.97 Å². The summed E-state index contributed by atoms with van der Waals surface area (Å²) in [5, 5.41) is 8.54. The molecule has 0 atom stereocenters. The Balaban J connectivity index is 3.30. The van der Waals surface area contributed by atoms with Gasteiger partial charge in [-0.3, -0.25) is 4.79 Å². The molecule has 0 aliphatic rings. The number of unbranched alkanes of at least 4 members (excludes halogenated alkanes) is 10. The lowest BCUT2D eigenvalue weighted by Gasteiger charge is -2.03. The Hall–Kier alpha value is -0.790. The average Bonchev–Trinajstić information content (AvgIpc) is 2.45. The van der Waals surface area contributed by atoms with Crippen LogP contribution in [0.2, 0.25) is 0 Å². The van der Waals surface area contributed by atoms with Gasteiger partial charge in [-0.2, -0.15) is 0 Å². The fourth-order valence-electron chi connectivity index (χ4n) is 2.59. The fraction of sp³-hybridized carbons (Fsp3) is 0.842. The lowest BCUT2D eigenvalue weighted by Crippen LogP contribution is -1.93. The van der Waals surface area contributed by atoms with Crippen LogP contribution in [0.15, 0.2) is 11.6 Å². The number of carboxylic acid groups (broad SMARTS) is 1. The Bertz CT molecular complexity index is 269. The molecule has 0 fully saturated rings. The third-order valence-corrected chi connectivity index (χ3v) is 4.01. The number of carbonyl (C=O) groups is 1. The quantitative estimate of drug-likeness (QED) is 0.277. The van der Waals surface area contributed by atoms with Crippen molar-refractivity contribution in [2.45, 2.75) is 104 Å². The van der Waals surface area contributed by atoms with Gasteiger partial charge in [0.1, 0.15) is 0 Å². The Morgan fingerprint density at radius 3 is 1.95 bits per heavy atom. The number of allylic oxidation sites excluding steroid dienone is 2. The molecule has 0 aliphatic heterocycles. The molecular weight excluding hydrogens is 260 g/mol. The second kappa shape index (κ2) is 15.6. The zero-order valence-corrected chi connectivity index (χ0v) is 14.3. The topological polar surface area (TPSA) is 37.3 Å². The zero-order chi connectivity index (χ0) is 15.8. The molecule has 0 heterocycles. The van der Waals surface area contributed by atoms with Crippen molar-refractivity contribution in [3.63, 3.8) is 0 Å². The first-order valence-corrected chi connectivity index (χ1v) is 9.04. The molecule has 0 radical (unpaired) electrons. The van der Waals surface area contributed by atoms with E-state index >= 15 is 0 Å². The zero-order valence-electron chi connectivity index (χ0n) is 14.3. The highest BCUT2D eigenvalue weighted by molar-refractivity contribution is 5.66. The Labute approximate surface area is 132 Å². The number of hydrogen-bond donors (Lipinski definition) is 1. The van der Waals surface area contributed by atoms with E-state index in [1.54, 1.807) is 0 Å². The monoisotopic (exact) mass is 296 g/mol. The molecule has 21 heavy (non-hydrogen) atoms. The molecule has 0 saturated heterocycles. The molecule has 1 N–H and O–H groups in total. The SMILES string of the molecule is CCCCCCCC/C=C(/C)CCCCCCCC(=O)O. The Morgan fingerprint density at radius 2 is 1.33 bits per heavy atom. The van der Waals surface area contributed by atoms with Crippen molar-refractivity contribution in [2.75, 3.05) is 0 Å². The molecule has 124 valence electrons. The highest BCUT2D eigenvalue weighted by Crippen LogP contribution is 2.13. The summed E-state index contributed by atoms with van der Waals surface area (Å²) in [6.45, 7) is 4.51. The number of carboxylic acids is 1. The number of rotatable bonds is 15. The van der Waals surface area contributed by atoms with Crippen LogP contribution in [0.25, 0.3) is 0 Å². The second-order valence-corrected chi connectivity index (χ2v) is 6.27. The first-order valence-electron chi connectivity index (χ1n) is 9.04. The molecule has 0 bridgehead atoms. The first-order chi connectivity index (χ1) is 10.2. The lowest BCUT2D eigenvalue weighted by molar-refractivity contribution is -0.137.